The molecule has 11 rings (SSSR count). The molecule has 3 aromatic heterocycles. The molecule has 0 radical (unpaired) electrons. The Hall–Kier alpha value is -5.68. The number of fused-ring (bicyclic) bond motifs is 8. The van der Waals surface area contributed by atoms with Gasteiger partial charge >= 0.3 is 5.66 Å². The third-order valence-electron chi connectivity index (χ3n) is 9.55. The highest BCUT2D eigenvalue weighted by Gasteiger charge is 2.68. The Balaban J connectivity index is 1.33. The lowest BCUT2D eigenvalue weighted by atomic mass is 9.84. The fraction of sp³-hybridized carbons (Fsp3) is 0.0270. The highest BCUT2D eigenvalue weighted by molar-refractivity contribution is 6.11. The normalized spacial score (nSPS) is 16.9. The van der Waals surface area contributed by atoms with Gasteiger partial charge in [-0.05, 0) is 64.9 Å². The first-order valence-electron chi connectivity index (χ1n) is 14.4. The van der Waals surface area contributed by atoms with Crippen LogP contribution in [0.3, 0.4) is 0 Å². The van der Waals surface area contributed by atoms with E-state index in [1.54, 1.807) is 0 Å². The standard InChI is InChI=1S/C37H22N4O/c1-2-9-24-20-25(16-15-23(24)8-1)26-21-39-30-12-7-13-31-34(30)37(40(39)22-26)35-32(42-31)18-17-28-27-10-3-4-11-29(27)41(36(28)35)33-14-5-6-19-38(33)37/h1-22H/q+2. The van der Waals surface area contributed by atoms with E-state index in [0.717, 1.165) is 23.0 Å². The lowest BCUT2D eigenvalue weighted by molar-refractivity contribution is -0.993. The van der Waals surface area contributed by atoms with Gasteiger partial charge in [-0.1, -0.05) is 65.3 Å². The molecule has 3 aliphatic heterocycles. The maximum absolute atomic E-state index is 6.75. The molecule has 0 N–H and O–H groups in total. The fourth-order valence-electron chi connectivity index (χ4n) is 7.93. The zero-order chi connectivity index (χ0) is 27.2. The second kappa shape index (κ2) is 6.96. The van der Waals surface area contributed by atoms with Gasteiger partial charge in [-0.3, -0.25) is 0 Å². The number of ether oxygens (including phenoxy) is 1. The van der Waals surface area contributed by atoms with Crippen LogP contribution in [-0.2, 0) is 5.66 Å². The lowest BCUT2D eigenvalue weighted by Crippen LogP contribution is -2.76. The second-order valence-corrected chi connectivity index (χ2v) is 11.5. The molecule has 6 heterocycles. The minimum absolute atomic E-state index is 0.658. The van der Waals surface area contributed by atoms with E-state index in [2.05, 4.69) is 152 Å². The van der Waals surface area contributed by atoms with Gasteiger partial charge in [0, 0.05) is 16.8 Å². The van der Waals surface area contributed by atoms with E-state index in [1.807, 2.05) is 0 Å². The molecule has 3 aliphatic rings. The first kappa shape index (κ1) is 21.1. The van der Waals surface area contributed by atoms with Crippen LogP contribution in [0.4, 0.5) is 0 Å². The summed E-state index contributed by atoms with van der Waals surface area (Å²) in [6.07, 6.45) is 6.83. The van der Waals surface area contributed by atoms with E-state index in [0.29, 0.717) is 0 Å². The van der Waals surface area contributed by atoms with Crippen molar-refractivity contribution < 1.29 is 14.0 Å². The van der Waals surface area contributed by atoms with Crippen molar-refractivity contribution in [2.75, 3.05) is 0 Å². The average Bonchev–Trinajstić information content (AvgIpc) is 3.71. The summed E-state index contributed by atoms with van der Waals surface area (Å²) < 4.78 is 16.4. The van der Waals surface area contributed by atoms with Crippen LogP contribution in [0.25, 0.3) is 55.2 Å². The molecule has 1 unspecified atom stereocenters. The van der Waals surface area contributed by atoms with Crippen LogP contribution in [0.15, 0.2) is 134 Å². The molecule has 5 aromatic carbocycles. The molecule has 0 saturated carbocycles. The Bertz CT molecular complexity index is 2520. The van der Waals surface area contributed by atoms with E-state index in [1.165, 1.54) is 54.8 Å². The predicted molar refractivity (Wildman–Crippen MR) is 162 cm³/mol. The summed E-state index contributed by atoms with van der Waals surface area (Å²) in [5.41, 5.74) is 7.60. The van der Waals surface area contributed by atoms with Crippen LogP contribution < -0.4 is 14.0 Å². The van der Waals surface area contributed by atoms with Crippen LogP contribution in [0.1, 0.15) is 11.1 Å². The van der Waals surface area contributed by atoms with Crippen molar-refractivity contribution in [3.63, 3.8) is 0 Å². The summed E-state index contributed by atoms with van der Waals surface area (Å²) in [7, 11) is 0. The van der Waals surface area contributed by atoms with E-state index >= 15 is 0 Å². The molecule has 0 aliphatic carbocycles. The fourth-order valence-corrected chi connectivity index (χ4v) is 7.93. The summed E-state index contributed by atoms with van der Waals surface area (Å²) in [6.45, 7) is 0. The van der Waals surface area contributed by atoms with Crippen molar-refractivity contribution in [3.8, 4) is 34.1 Å². The van der Waals surface area contributed by atoms with Crippen molar-refractivity contribution in [1.29, 1.82) is 0 Å². The van der Waals surface area contributed by atoms with Crippen molar-refractivity contribution in [1.82, 2.24) is 9.25 Å². The first-order chi connectivity index (χ1) is 20.8. The molecule has 194 valence electrons. The molecule has 0 fully saturated rings. The zero-order valence-electron chi connectivity index (χ0n) is 22.4. The van der Waals surface area contributed by atoms with Crippen LogP contribution >= 0.6 is 0 Å². The Morgan fingerprint density at radius 2 is 1.50 bits per heavy atom. The van der Waals surface area contributed by atoms with Crippen molar-refractivity contribution in [2.24, 2.45) is 0 Å². The summed E-state index contributed by atoms with van der Waals surface area (Å²) in [5.74, 6) is 2.92. The molecule has 0 bridgehead atoms. The third-order valence-corrected chi connectivity index (χ3v) is 9.55. The van der Waals surface area contributed by atoms with Gasteiger partial charge in [-0.25, -0.2) is 0 Å². The van der Waals surface area contributed by atoms with Crippen LogP contribution in [-0.4, -0.2) is 9.25 Å². The van der Waals surface area contributed by atoms with Gasteiger partial charge in [-0.15, -0.1) is 4.68 Å². The van der Waals surface area contributed by atoms with Gasteiger partial charge in [0.15, 0.2) is 11.1 Å². The maximum Gasteiger partial charge on any atom is 0.397 e. The van der Waals surface area contributed by atoms with Gasteiger partial charge in [-0.2, -0.15) is 9.13 Å². The largest absolute Gasteiger partial charge is 0.456 e. The molecule has 42 heavy (non-hydrogen) atoms. The lowest BCUT2D eigenvalue weighted by Gasteiger charge is -2.32. The number of hydrogen-bond donors (Lipinski definition) is 0. The Labute approximate surface area is 240 Å². The molecule has 1 atom stereocenters. The van der Waals surface area contributed by atoms with E-state index < -0.39 is 5.66 Å². The van der Waals surface area contributed by atoms with Gasteiger partial charge in [0.05, 0.1) is 18.0 Å². The molecule has 1 spiro atoms. The predicted octanol–water partition coefficient (Wildman–Crippen LogP) is 7.00. The number of aromatic nitrogens is 4. The molecule has 0 saturated heterocycles. The Morgan fingerprint density at radius 3 is 2.48 bits per heavy atom. The molecule has 5 nitrogen and oxygen atoms in total. The van der Waals surface area contributed by atoms with Crippen molar-refractivity contribution >= 4 is 32.6 Å². The Morgan fingerprint density at radius 1 is 0.643 bits per heavy atom. The highest BCUT2D eigenvalue weighted by Crippen LogP contribution is 2.55. The van der Waals surface area contributed by atoms with Crippen LogP contribution in [0.5, 0.6) is 11.5 Å². The molecular weight excluding hydrogens is 516 g/mol. The maximum atomic E-state index is 6.75. The zero-order valence-corrected chi connectivity index (χ0v) is 22.4. The molecule has 5 heteroatoms. The summed E-state index contributed by atoms with van der Waals surface area (Å²) in [4.78, 5) is 0. The highest BCUT2D eigenvalue weighted by atomic mass is 16.5. The number of nitrogens with zero attached hydrogens (tertiary/aromatic N) is 4. The van der Waals surface area contributed by atoms with Gasteiger partial charge < -0.3 is 4.74 Å². The smallest absolute Gasteiger partial charge is 0.397 e. The molecule has 8 aromatic rings. The van der Waals surface area contributed by atoms with E-state index in [-0.39, 0.29) is 0 Å². The second-order valence-electron chi connectivity index (χ2n) is 11.5. The number of pyridine rings is 1. The minimum Gasteiger partial charge on any atom is -0.456 e. The number of benzene rings is 5. The number of para-hydroxylation sites is 1. The quantitative estimate of drug-likeness (QED) is 0.207. The summed E-state index contributed by atoms with van der Waals surface area (Å²) in [5, 5.41) is 4.98. The summed E-state index contributed by atoms with van der Waals surface area (Å²) in [6, 6.07) is 41.4. The van der Waals surface area contributed by atoms with Crippen molar-refractivity contribution in [2.45, 2.75) is 5.66 Å². The van der Waals surface area contributed by atoms with E-state index in [4.69, 9.17) is 4.74 Å². The van der Waals surface area contributed by atoms with Gasteiger partial charge in [0.1, 0.15) is 28.3 Å². The van der Waals surface area contributed by atoms with Gasteiger partial charge in [0.2, 0.25) is 6.20 Å². The van der Waals surface area contributed by atoms with E-state index in [9.17, 15) is 0 Å². The Kier molecular flexibility index (Phi) is 3.50. The van der Waals surface area contributed by atoms with Crippen LogP contribution in [0, 0.1) is 0 Å². The molecular formula is C37H22N4O+2. The van der Waals surface area contributed by atoms with Gasteiger partial charge in [0.25, 0.3) is 5.82 Å². The SMILES string of the molecule is c1cc2c3c(c1)-n1cc(-c4ccc5ccccc5c4)c[n+]1C31c3c(ccc4c5ccccc5n(c34)-c3cccc[n+]31)O2. The monoisotopic (exact) mass is 538 g/mol. The topological polar surface area (TPSA) is 26.8 Å². The number of rotatable bonds is 1. The molecule has 0 amide bonds. The average molecular weight is 539 g/mol. The van der Waals surface area contributed by atoms with Crippen molar-refractivity contribution in [3.05, 3.63) is 145 Å². The minimum atomic E-state index is -0.658. The van der Waals surface area contributed by atoms with Crippen LogP contribution in [0.2, 0.25) is 0 Å². The third kappa shape index (κ3) is 2.21. The first-order valence-corrected chi connectivity index (χ1v) is 14.4. The summed E-state index contributed by atoms with van der Waals surface area (Å²) >= 11 is 0. The number of hydrogen-bond acceptors (Lipinski definition) is 1.